The molecule has 2 aromatic rings. The number of alkyl carbamates (subject to hydrolysis) is 1. The lowest BCUT2D eigenvalue weighted by Crippen LogP contribution is -2.32. The first-order chi connectivity index (χ1) is 12.1. The van der Waals surface area contributed by atoms with Gasteiger partial charge in [0.2, 0.25) is 0 Å². The Morgan fingerprint density at radius 3 is 2.58 bits per heavy atom. The average molecular weight is 379 g/mol. The van der Waals surface area contributed by atoms with Gasteiger partial charge in [0, 0.05) is 18.3 Å². The highest BCUT2D eigenvalue weighted by molar-refractivity contribution is 6.31. The molecule has 0 bridgehead atoms. The van der Waals surface area contributed by atoms with E-state index in [-0.39, 0.29) is 10.8 Å². The van der Waals surface area contributed by atoms with Crippen LogP contribution in [0.4, 0.5) is 4.79 Å². The van der Waals surface area contributed by atoms with Crippen LogP contribution in [-0.4, -0.2) is 21.4 Å². The van der Waals surface area contributed by atoms with Gasteiger partial charge in [-0.2, -0.15) is 0 Å². The highest BCUT2D eigenvalue weighted by atomic mass is 35.5. The van der Waals surface area contributed by atoms with E-state index < -0.39 is 17.3 Å². The third-order valence-corrected chi connectivity index (χ3v) is 3.95. The summed E-state index contributed by atoms with van der Waals surface area (Å²) in [4.78, 5) is 24.0. The maximum absolute atomic E-state index is 12.2. The van der Waals surface area contributed by atoms with Crippen LogP contribution >= 0.6 is 11.6 Å². The van der Waals surface area contributed by atoms with Crippen molar-refractivity contribution in [2.24, 2.45) is 0 Å². The Hall–Kier alpha value is -2.47. The molecule has 0 aliphatic carbocycles. The molecule has 0 radical (unpaired) electrons. The van der Waals surface area contributed by atoms with E-state index in [1.807, 2.05) is 24.3 Å². The number of nitrogens with one attached hydrogen (secondary N) is 1. The number of hydrogen-bond donors (Lipinski definition) is 2. The highest BCUT2D eigenvalue weighted by Gasteiger charge is 2.16. The molecule has 1 aromatic carbocycles. The minimum absolute atomic E-state index is 0.196. The first-order valence-corrected chi connectivity index (χ1v) is 8.58. The summed E-state index contributed by atoms with van der Waals surface area (Å²) in [7, 11) is 0. The molecule has 0 saturated heterocycles. The predicted molar refractivity (Wildman–Crippen MR) is 101 cm³/mol. The third kappa shape index (κ3) is 5.26. The van der Waals surface area contributed by atoms with Crippen molar-refractivity contribution >= 4 is 17.7 Å². The smallest absolute Gasteiger partial charge is 0.407 e. The van der Waals surface area contributed by atoms with Crippen LogP contribution in [0.1, 0.15) is 37.6 Å². The fourth-order valence-corrected chi connectivity index (χ4v) is 2.59. The van der Waals surface area contributed by atoms with Gasteiger partial charge in [-0.25, -0.2) is 4.79 Å². The van der Waals surface area contributed by atoms with Gasteiger partial charge < -0.3 is 19.7 Å². The number of ether oxygens (including phenoxy) is 1. The third-order valence-electron chi connectivity index (χ3n) is 3.60. The summed E-state index contributed by atoms with van der Waals surface area (Å²) in [6.07, 6.45) is -0.486. The van der Waals surface area contributed by atoms with E-state index in [1.54, 1.807) is 27.7 Å². The van der Waals surface area contributed by atoms with E-state index in [1.165, 1.54) is 10.6 Å². The number of rotatable bonds is 4. The molecule has 0 saturated carbocycles. The van der Waals surface area contributed by atoms with Crippen LogP contribution in [0.25, 0.3) is 0 Å². The lowest BCUT2D eigenvalue weighted by Gasteiger charge is -2.19. The highest BCUT2D eigenvalue weighted by Crippen LogP contribution is 2.20. The van der Waals surface area contributed by atoms with E-state index in [0.29, 0.717) is 18.8 Å². The topological polar surface area (TPSA) is 80.6 Å². The first kappa shape index (κ1) is 19.8. The zero-order valence-electron chi connectivity index (χ0n) is 15.3. The van der Waals surface area contributed by atoms with E-state index in [2.05, 4.69) is 5.32 Å². The average Bonchev–Trinajstić information content (AvgIpc) is 2.54. The maximum Gasteiger partial charge on any atom is 0.407 e. The van der Waals surface area contributed by atoms with Crippen molar-refractivity contribution in [2.45, 2.75) is 46.4 Å². The lowest BCUT2D eigenvalue weighted by molar-refractivity contribution is 0.0523. The minimum atomic E-state index is -0.553. The van der Waals surface area contributed by atoms with Crippen molar-refractivity contribution in [2.75, 3.05) is 0 Å². The number of nitrogens with zero attached hydrogens (tertiary/aromatic N) is 1. The van der Waals surface area contributed by atoms with Crippen molar-refractivity contribution in [3.8, 4) is 5.75 Å². The fourth-order valence-electron chi connectivity index (χ4n) is 2.43. The molecule has 0 atom stereocenters. The number of aryl methyl sites for hydroxylation is 1. The molecule has 2 N–H and O–H groups in total. The zero-order valence-corrected chi connectivity index (χ0v) is 16.1. The second kappa shape index (κ2) is 7.83. The maximum atomic E-state index is 12.2. The number of carbonyl (C=O) groups is 1. The second-order valence-electron chi connectivity index (χ2n) is 7.05. The Morgan fingerprint density at radius 1 is 1.27 bits per heavy atom. The van der Waals surface area contributed by atoms with Crippen LogP contribution in [0.15, 0.2) is 35.1 Å². The van der Waals surface area contributed by atoms with Gasteiger partial charge in [0.25, 0.3) is 5.56 Å². The fraction of sp³-hybridized carbons (Fsp3) is 0.368. The van der Waals surface area contributed by atoms with Crippen LogP contribution in [0.5, 0.6) is 5.75 Å². The molecule has 140 valence electrons. The monoisotopic (exact) mass is 378 g/mol. The van der Waals surface area contributed by atoms with Crippen LogP contribution in [-0.2, 0) is 17.8 Å². The molecule has 6 nitrogen and oxygen atoms in total. The van der Waals surface area contributed by atoms with Gasteiger partial charge in [0.05, 0.1) is 6.54 Å². The van der Waals surface area contributed by atoms with E-state index in [4.69, 9.17) is 16.3 Å². The Labute approximate surface area is 157 Å². The predicted octanol–water partition coefficient (Wildman–Crippen LogP) is 3.59. The summed E-state index contributed by atoms with van der Waals surface area (Å²) >= 11 is 5.84. The number of halogens is 1. The number of benzene rings is 1. The van der Waals surface area contributed by atoms with Gasteiger partial charge in [-0.3, -0.25) is 4.79 Å². The molecule has 7 heteroatoms. The molecular formula is C19H23ClN2O4. The number of pyridine rings is 1. The summed E-state index contributed by atoms with van der Waals surface area (Å²) in [5, 5.41) is 12.1. The standard InChI is InChI=1S/C19H23ClN2O4/c1-12-8-15(23)16(20)17(24)22(12)11-14-7-5-6-13(9-14)10-21-18(25)26-19(2,3)4/h5-9,23H,10-11H2,1-4H3,(H,21,25). The largest absolute Gasteiger partial charge is 0.506 e. The first-order valence-electron chi connectivity index (χ1n) is 8.20. The van der Waals surface area contributed by atoms with E-state index in [0.717, 1.165) is 11.1 Å². The normalized spacial score (nSPS) is 11.3. The Morgan fingerprint density at radius 2 is 1.92 bits per heavy atom. The number of amides is 1. The van der Waals surface area contributed by atoms with Crippen LogP contribution in [0.2, 0.25) is 5.02 Å². The van der Waals surface area contributed by atoms with Crippen molar-refractivity contribution in [3.63, 3.8) is 0 Å². The molecule has 0 aliphatic heterocycles. The summed E-state index contributed by atoms with van der Waals surface area (Å²) in [6.45, 7) is 7.76. The van der Waals surface area contributed by atoms with Crippen LogP contribution in [0, 0.1) is 6.92 Å². The van der Waals surface area contributed by atoms with Gasteiger partial charge in [0.1, 0.15) is 16.4 Å². The summed E-state index contributed by atoms with van der Waals surface area (Å²) in [6, 6.07) is 8.95. The van der Waals surface area contributed by atoms with Crippen molar-refractivity contribution < 1.29 is 14.6 Å². The van der Waals surface area contributed by atoms with Gasteiger partial charge in [0.15, 0.2) is 0 Å². The van der Waals surface area contributed by atoms with Gasteiger partial charge in [-0.1, -0.05) is 35.9 Å². The number of carbonyl (C=O) groups excluding carboxylic acids is 1. The summed E-state index contributed by atoms with van der Waals surface area (Å²) in [5.74, 6) is -0.222. The minimum Gasteiger partial charge on any atom is -0.506 e. The molecule has 26 heavy (non-hydrogen) atoms. The Kier molecular flexibility index (Phi) is 5.97. The molecule has 0 unspecified atom stereocenters. The molecule has 1 amide bonds. The SMILES string of the molecule is Cc1cc(O)c(Cl)c(=O)n1Cc1cccc(CNC(=O)OC(C)(C)C)c1. The quantitative estimate of drug-likeness (QED) is 0.851. The summed E-state index contributed by atoms with van der Waals surface area (Å²) < 4.78 is 6.70. The second-order valence-corrected chi connectivity index (χ2v) is 7.43. The Balaban J connectivity index is 2.12. The molecule has 0 fully saturated rings. The number of hydrogen-bond acceptors (Lipinski definition) is 4. The van der Waals surface area contributed by atoms with Gasteiger partial charge >= 0.3 is 6.09 Å². The van der Waals surface area contributed by atoms with Crippen molar-refractivity contribution in [1.29, 1.82) is 0 Å². The number of aromatic nitrogens is 1. The molecular weight excluding hydrogens is 356 g/mol. The molecule has 0 spiro atoms. The van der Waals surface area contributed by atoms with Crippen molar-refractivity contribution in [3.05, 3.63) is 62.5 Å². The lowest BCUT2D eigenvalue weighted by atomic mass is 10.1. The van der Waals surface area contributed by atoms with E-state index in [9.17, 15) is 14.7 Å². The molecule has 1 aromatic heterocycles. The molecule has 2 rings (SSSR count). The van der Waals surface area contributed by atoms with E-state index >= 15 is 0 Å². The Bertz CT molecular complexity index is 869. The molecule has 1 heterocycles. The molecule has 0 aliphatic rings. The van der Waals surface area contributed by atoms with Crippen molar-refractivity contribution in [1.82, 2.24) is 9.88 Å². The zero-order chi connectivity index (χ0) is 19.5. The number of aromatic hydroxyl groups is 1. The van der Waals surface area contributed by atoms with Gasteiger partial charge in [-0.15, -0.1) is 0 Å². The summed E-state index contributed by atoms with van der Waals surface area (Å²) in [5.41, 5.74) is 1.36. The van der Waals surface area contributed by atoms with Gasteiger partial charge in [-0.05, 0) is 38.8 Å². The van der Waals surface area contributed by atoms with Crippen LogP contribution < -0.4 is 10.9 Å². The van der Waals surface area contributed by atoms with Crippen LogP contribution in [0.3, 0.4) is 0 Å².